The fourth-order valence-corrected chi connectivity index (χ4v) is 2.99. The van der Waals surface area contributed by atoms with Gasteiger partial charge in [0.25, 0.3) is 6.01 Å². The first-order valence-electron chi connectivity index (χ1n) is 7.69. The van der Waals surface area contributed by atoms with Crippen LogP contribution < -0.4 is 9.46 Å². The predicted octanol–water partition coefficient (Wildman–Crippen LogP) is 3.04. The van der Waals surface area contributed by atoms with Crippen molar-refractivity contribution in [1.82, 2.24) is 14.5 Å². The number of benzene rings is 1. The maximum atomic E-state index is 9.75. The zero-order chi connectivity index (χ0) is 18.0. The van der Waals surface area contributed by atoms with Crippen molar-refractivity contribution in [3.8, 4) is 12.1 Å². The molecule has 3 aromatic rings. The van der Waals surface area contributed by atoms with E-state index in [2.05, 4.69) is 20.8 Å². The van der Waals surface area contributed by atoms with Crippen LogP contribution in [-0.2, 0) is 7.05 Å². The smallest absolute Gasteiger partial charge is 0.297 e. The van der Waals surface area contributed by atoms with Crippen LogP contribution in [0.1, 0.15) is 19.4 Å². The van der Waals surface area contributed by atoms with E-state index in [1.54, 1.807) is 30.8 Å². The van der Waals surface area contributed by atoms with E-state index in [4.69, 9.17) is 10.00 Å². The Morgan fingerprint density at radius 3 is 3.00 bits per heavy atom. The van der Waals surface area contributed by atoms with Gasteiger partial charge in [0.15, 0.2) is 0 Å². The maximum absolute atomic E-state index is 9.75. The molecule has 0 radical (unpaired) electrons. The van der Waals surface area contributed by atoms with E-state index in [0.717, 1.165) is 21.6 Å². The number of aliphatic hydroxyl groups is 1. The average Bonchev–Trinajstić information content (AvgIpc) is 3.14. The van der Waals surface area contributed by atoms with Crippen LogP contribution in [0.15, 0.2) is 35.6 Å². The molecular formula is C17H19N5O2S. The summed E-state index contributed by atoms with van der Waals surface area (Å²) in [6.45, 7) is 3.52. The number of ether oxygens (including phenoxy) is 1. The summed E-state index contributed by atoms with van der Waals surface area (Å²) < 4.78 is 10.6. The van der Waals surface area contributed by atoms with Crippen molar-refractivity contribution in [3.05, 3.63) is 36.2 Å². The van der Waals surface area contributed by atoms with E-state index in [9.17, 15) is 5.11 Å². The van der Waals surface area contributed by atoms with Crippen molar-refractivity contribution in [3.63, 3.8) is 0 Å². The summed E-state index contributed by atoms with van der Waals surface area (Å²) in [7, 11) is 1.85. The summed E-state index contributed by atoms with van der Waals surface area (Å²) >= 11 is 1.39. The number of hydrogen-bond donors (Lipinski definition) is 3. The molecule has 2 aromatic heterocycles. The minimum absolute atomic E-state index is 0.161. The molecule has 0 unspecified atom stereocenters. The monoisotopic (exact) mass is 357 g/mol. The van der Waals surface area contributed by atoms with Crippen molar-refractivity contribution in [2.24, 2.45) is 7.05 Å². The van der Waals surface area contributed by atoms with E-state index in [1.165, 1.54) is 11.9 Å². The SMILES string of the molecule is Cn1c(SNc2cccc3c(C#N)c[nH]c23)cnc1OCC(C)(C)O. The summed E-state index contributed by atoms with van der Waals surface area (Å²) in [6, 6.07) is 8.37. The van der Waals surface area contributed by atoms with E-state index in [-0.39, 0.29) is 6.61 Å². The summed E-state index contributed by atoms with van der Waals surface area (Å²) in [5, 5.41) is 20.6. The van der Waals surface area contributed by atoms with Crippen LogP contribution in [0.4, 0.5) is 5.69 Å². The number of rotatable bonds is 6. The quantitative estimate of drug-likeness (QED) is 0.587. The summed E-state index contributed by atoms with van der Waals surface area (Å²) in [5.74, 6) is 0. The molecule has 3 rings (SSSR count). The van der Waals surface area contributed by atoms with Crippen molar-refractivity contribution in [2.45, 2.75) is 24.5 Å². The van der Waals surface area contributed by atoms with Gasteiger partial charge < -0.3 is 19.5 Å². The molecule has 0 fully saturated rings. The van der Waals surface area contributed by atoms with Gasteiger partial charge in [-0.25, -0.2) is 4.98 Å². The van der Waals surface area contributed by atoms with Gasteiger partial charge in [0.05, 0.1) is 28.6 Å². The summed E-state index contributed by atoms with van der Waals surface area (Å²) in [6.07, 6.45) is 3.40. The molecule has 0 aliphatic carbocycles. The Balaban J connectivity index is 1.74. The number of aromatic nitrogens is 3. The lowest BCUT2D eigenvalue weighted by Crippen LogP contribution is -2.28. The number of hydrogen-bond acceptors (Lipinski definition) is 6. The first kappa shape index (κ1) is 17.2. The minimum atomic E-state index is -0.917. The first-order valence-corrected chi connectivity index (χ1v) is 8.50. The lowest BCUT2D eigenvalue weighted by Gasteiger charge is -2.17. The highest BCUT2D eigenvalue weighted by atomic mass is 32.2. The minimum Gasteiger partial charge on any atom is -0.462 e. The third-order valence-electron chi connectivity index (χ3n) is 3.56. The van der Waals surface area contributed by atoms with Crippen LogP contribution >= 0.6 is 11.9 Å². The Bertz CT molecular complexity index is 933. The Hall–Kier alpha value is -2.63. The highest BCUT2D eigenvalue weighted by Crippen LogP contribution is 2.30. The topological polar surface area (TPSA) is 98.9 Å². The van der Waals surface area contributed by atoms with Gasteiger partial charge in [0, 0.05) is 30.6 Å². The van der Waals surface area contributed by atoms with Gasteiger partial charge in [-0.3, -0.25) is 4.57 Å². The lowest BCUT2D eigenvalue weighted by molar-refractivity contribution is 0.0238. The normalized spacial score (nSPS) is 11.5. The van der Waals surface area contributed by atoms with Crippen LogP contribution in [0.2, 0.25) is 0 Å². The number of nitriles is 1. The van der Waals surface area contributed by atoms with Crippen LogP contribution in [0, 0.1) is 11.3 Å². The van der Waals surface area contributed by atoms with Crippen molar-refractivity contribution in [1.29, 1.82) is 5.26 Å². The standard InChI is InChI=1S/C17H19N5O2S/c1-17(2,23)10-24-16-20-9-14(22(16)3)25-21-13-6-4-5-12-11(7-18)8-19-15(12)13/h4-6,8-9,19,21,23H,10H2,1-3H3. The number of nitrogens with zero attached hydrogens (tertiary/aromatic N) is 3. The fraction of sp³-hybridized carbons (Fsp3) is 0.294. The van der Waals surface area contributed by atoms with Gasteiger partial charge >= 0.3 is 0 Å². The molecule has 8 heteroatoms. The number of aromatic amines is 1. The Morgan fingerprint density at radius 2 is 2.28 bits per heavy atom. The molecule has 0 saturated carbocycles. The van der Waals surface area contributed by atoms with Crippen LogP contribution in [-0.4, -0.2) is 31.8 Å². The van der Waals surface area contributed by atoms with Gasteiger partial charge in [-0.05, 0) is 19.9 Å². The zero-order valence-corrected chi connectivity index (χ0v) is 15.0. The lowest BCUT2D eigenvalue weighted by atomic mass is 10.2. The number of para-hydroxylation sites is 1. The molecule has 0 aliphatic heterocycles. The van der Waals surface area contributed by atoms with E-state index >= 15 is 0 Å². The third kappa shape index (κ3) is 3.73. The number of fused-ring (bicyclic) bond motifs is 1. The predicted molar refractivity (Wildman–Crippen MR) is 97.5 cm³/mol. The van der Waals surface area contributed by atoms with Gasteiger partial charge in [-0.15, -0.1) is 0 Å². The van der Waals surface area contributed by atoms with Crippen LogP contribution in [0.25, 0.3) is 10.9 Å². The van der Waals surface area contributed by atoms with E-state index in [1.807, 2.05) is 25.2 Å². The molecule has 3 N–H and O–H groups in total. The molecule has 0 aliphatic rings. The zero-order valence-electron chi connectivity index (χ0n) is 14.2. The summed E-state index contributed by atoms with van der Waals surface area (Å²) in [5.41, 5.74) is 1.46. The maximum Gasteiger partial charge on any atom is 0.297 e. The highest BCUT2D eigenvalue weighted by Gasteiger charge is 2.16. The number of imidazole rings is 1. The van der Waals surface area contributed by atoms with Gasteiger partial charge in [0.2, 0.25) is 0 Å². The van der Waals surface area contributed by atoms with Crippen molar-refractivity contribution >= 4 is 28.5 Å². The van der Waals surface area contributed by atoms with Gasteiger partial charge in [-0.1, -0.05) is 12.1 Å². The Kier molecular flexibility index (Phi) is 4.61. The van der Waals surface area contributed by atoms with Crippen LogP contribution in [0.3, 0.4) is 0 Å². The van der Waals surface area contributed by atoms with Gasteiger partial charge in [0.1, 0.15) is 17.7 Å². The Morgan fingerprint density at radius 1 is 1.48 bits per heavy atom. The largest absolute Gasteiger partial charge is 0.462 e. The van der Waals surface area contributed by atoms with Gasteiger partial charge in [-0.2, -0.15) is 5.26 Å². The first-order chi connectivity index (χ1) is 11.9. The number of anilines is 1. The molecule has 0 atom stereocenters. The highest BCUT2D eigenvalue weighted by molar-refractivity contribution is 8.00. The molecule has 2 heterocycles. The second kappa shape index (κ2) is 6.70. The third-order valence-corrected chi connectivity index (χ3v) is 4.47. The summed E-state index contributed by atoms with van der Waals surface area (Å²) in [4.78, 5) is 7.36. The van der Waals surface area contributed by atoms with E-state index < -0.39 is 5.60 Å². The molecule has 0 amide bonds. The molecule has 0 spiro atoms. The second-order valence-corrected chi connectivity index (χ2v) is 7.11. The molecule has 130 valence electrons. The second-order valence-electron chi connectivity index (χ2n) is 6.29. The average molecular weight is 357 g/mol. The molecule has 0 saturated heterocycles. The number of nitrogens with one attached hydrogen (secondary N) is 2. The number of H-pyrrole nitrogens is 1. The molecular weight excluding hydrogens is 338 g/mol. The molecule has 0 bridgehead atoms. The molecule has 7 nitrogen and oxygen atoms in total. The van der Waals surface area contributed by atoms with Crippen molar-refractivity contribution < 1.29 is 9.84 Å². The molecule has 1 aromatic carbocycles. The van der Waals surface area contributed by atoms with Crippen LogP contribution in [0.5, 0.6) is 6.01 Å². The van der Waals surface area contributed by atoms with E-state index in [0.29, 0.717) is 11.6 Å². The van der Waals surface area contributed by atoms with Crippen molar-refractivity contribution in [2.75, 3.05) is 11.3 Å². The Labute approximate surface area is 149 Å². The fourth-order valence-electron chi connectivity index (χ4n) is 2.29. The molecule has 25 heavy (non-hydrogen) atoms.